The minimum atomic E-state index is -1.00. The molecule has 0 spiro atoms. The van der Waals surface area contributed by atoms with Gasteiger partial charge in [0.2, 0.25) is 0 Å². The number of carbonyl (C=O) groups is 1. The average molecular weight is 428 g/mol. The van der Waals surface area contributed by atoms with Gasteiger partial charge in [0.1, 0.15) is 17.4 Å². The first kappa shape index (κ1) is 22.6. The van der Waals surface area contributed by atoms with Crippen molar-refractivity contribution in [3.63, 3.8) is 0 Å². The van der Waals surface area contributed by atoms with Gasteiger partial charge in [0.15, 0.2) is 5.78 Å². The Morgan fingerprint density at radius 1 is 1.29 bits per heavy atom. The number of fused-ring (bicyclic) bond motifs is 1. The Bertz CT molecular complexity index is 1030. The molecule has 0 amide bonds. The van der Waals surface area contributed by atoms with E-state index >= 15 is 0 Å². The summed E-state index contributed by atoms with van der Waals surface area (Å²) >= 11 is 0. The summed E-state index contributed by atoms with van der Waals surface area (Å²) in [7, 11) is 1.44. The lowest BCUT2D eigenvalue weighted by Crippen LogP contribution is -2.45. The molecule has 1 heterocycles. The van der Waals surface area contributed by atoms with Crippen LogP contribution in [0, 0.1) is 17.6 Å². The summed E-state index contributed by atoms with van der Waals surface area (Å²) in [5, 5.41) is 18.5. The van der Waals surface area contributed by atoms with Crippen molar-refractivity contribution in [3.05, 3.63) is 71.3 Å². The molecule has 3 rings (SSSR count). The number of methoxy groups -OCH3 is 1. The topological polar surface area (TPSA) is 72.3 Å². The highest BCUT2D eigenvalue weighted by molar-refractivity contribution is 6.00. The number of halogens is 2. The van der Waals surface area contributed by atoms with Crippen LogP contribution in [0.25, 0.3) is 11.3 Å². The minimum Gasteiger partial charge on any atom is -0.508 e. The van der Waals surface area contributed by atoms with E-state index < -0.39 is 17.0 Å². The van der Waals surface area contributed by atoms with Gasteiger partial charge in [0.05, 0.1) is 35.7 Å². The Morgan fingerprint density at radius 2 is 1.97 bits per heavy atom. The number of aliphatic hydroxyl groups is 1. The largest absolute Gasteiger partial charge is 0.508 e. The number of ether oxygens (including phenoxy) is 1. The Kier molecular flexibility index (Phi) is 6.53. The van der Waals surface area contributed by atoms with E-state index in [4.69, 9.17) is 4.74 Å². The van der Waals surface area contributed by atoms with E-state index in [1.165, 1.54) is 43.7 Å². The first-order valence-corrected chi connectivity index (χ1v) is 10.2. The minimum absolute atomic E-state index is 0.0322. The molecular formula is C24H26F2N2O3. The number of allylic oxidation sites excluding steroid dienone is 2. The molecule has 0 fully saturated rings. The standard InChI is InChI=1S/C24H26F2N2O3/c1-14(2)24(21(30)12-16(29)9-11-31-4)10-8-15(3)17-13-20(27-28-23(17)24)22-18(25)6-5-7-19(22)26/h5-7,9,11-15,29H,8,10H2,1-4H3/b11-9+,16-12?/t15-,24-/m0/s1. The summed E-state index contributed by atoms with van der Waals surface area (Å²) in [6.45, 7) is 5.82. The molecule has 7 heteroatoms. The molecule has 0 bridgehead atoms. The predicted octanol–water partition coefficient (Wildman–Crippen LogP) is 5.38. The monoisotopic (exact) mass is 428 g/mol. The number of hydrogen-bond acceptors (Lipinski definition) is 5. The zero-order valence-corrected chi connectivity index (χ0v) is 18.0. The van der Waals surface area contributed by atoms with Crippen molar-refractivity contribution >= 4 is 5.78 Å². The summed E-state index contributed by atoms with van der Waals surface area (Å²) in [4.78, 5) is 13.4. The summed E-state index contributed by atoms with van der Waals surface area (Å²) in [6.07, 6.45) is 4.93. The summed E-state index contributed by atoms with van der Waals surface area (Å²) in [6, 6.07) is 5.27. The average Bonchev–Trinajstić information content (AvgIpc) is 2.72. The van der Waals surface area contributed by atoms with Gasteiger partial charge >= 0.3 is 0 Å². The van der Waals surface area contributed by atoms with Gasteiger partial charge in [0.25, 0.3) is 0 Å². The third-order valence-corrected chi connectivity index (χ3v) is 6.05. The number of hydrogen-bond donors (Lipinski definition) is 1. The highest BCUT2D eigenvalue weighted by atomic mass is 19.1. The van der Waals surface area contributed by atoms with Crippen molar-refractivity contribution in [2.45, 2.75) is 44.9 Å². The van der Waals surface area contributed by atoms with Crippen LogP contribution in [-0.2, 0) is 14.9 Å². The van der Waals surface area contributed by atoms with Crippen LogP contribution in [0.1, 0.15) is 50.8 Å². The molecule has 1 aliphatic carbocycles. The van der Waals surface area contributed by atoms with E-state index in [0.29, 0.717) is 18.5 Å². The van der Waals surface area contributed by atoms with Crippen LogP contribution in [0.3, 0.4) is 0 Å². The second-order valence-electron chi connectivity index (χ2n) is 8.17. The number of ketones is 1. The normalized spacial score (nSPS) is 21.4. The highest BCUT2D eigenvalue weighted by Gasteiger charge is 2.48. The number of carbonyl (C=O) groups excluding carboxylic acids is 1. The molecule has 2 atom stereocenters. The van der Waals surface area contributed by atoms with Crippen molar-refractivity contribution in [3.8, 4) is 11.3 Å². The molecule has 1 aliphatic rings. The zero-order chi connectivity index (χ0) is 22.8. The molecule has 1 aromatic carbocycles. The number of rotatable bonds is 6. The van der Waals surface area contributed by atoms with Gasteiger partial charge in [-0.1, -0.05) is 26.8 Å². The number of nitrogens with zero attached hydrogens (tertiary/aromatic N) is 2. The van der Waals surface area contributed by atoms with Gasteiger partial charge < -0.3 is 9.84 Å². The van der Waals surface area contributed by atoms with Crippen LogP contribution in [-0.4, -0.2) is 28.2 Å². The first-order chi connectivity index (χ1) is 14.7. The van der Waals surface area contributed by atoms with Gasteiger partial charge in [-0.05, 0) is 48.4 Å². The van der Waals surface area contributed by atoms with Crippen LogP contribution in [0.2, 0.25) is 0 Å². The van der Waals surface area contributed by atoms with Crippen molar-refractivity contribution in [2.75, 3.05) is 7.11 Å². The maximum atomic E-state index is 14.3. The van der Waals surface area contributed by atoms with Crippen molar-refractivity contribution in [2.24, 2.45) is 5.92 Å². The van der Waals surface area contributed by atoms with E-state index in [0.717, 1.165) is 5.56 Å². The maximum absolute atomic E-state index is 14.3. The number of aromatic nitrogens is 2. The lowest BCUT2D eigenvalue weighted by Gasteiger charge is -2.41. The lowest BCUT2D eigenvalue weighted by atomic mass is 9.61. The van der Waals surface area contributed by atoms with Crippen LogP contribution in [0.5, 0.6) is 0 Å². The second kappa shape index (κ2) is 8.96. The van der Waals surface area contributed by atoms with E-state index in [1.807, 2.05) is 20.8 Å². The lowest BCUT2D eigenvalue weighted by molar-refractivity contribution is -0.122. The summed E-state index contributed by atoms with van der Waals surface area (Å²) < 4.78 is 33.4. The van der Waals surface area contributed by atoms with Crippen molar-refractivity contribution in [1.29, 1.82) is 0 Å². The summed E-state index contributed by atoms with van der Waals surface area (Å²) in [5.74, 6) is -2.08. The third-order valence-electron chi connectivity index (χ3n) is 6.05. The van der Waals surface area contributed by atoms with Gasteiger partial charge in [-0.25, -0.2) is 8.78 Å². The molecule has 0 radical (unpaired) electrons. The smallest absolute Gasteiger partial charge is 0.171 e. The molecule has 164 valence electrons. The molecule has 0 saturated heterocycles. The van der Waals surface area contributed by atoms with Crippen LogP contribution < -0.4 is 0 Å². The van der Waals surface area contributed by atoms with E-state index in [1.54, 1.807) is 6.07 Å². The van der Waals surface area contributed by atoms with Crippen LogP contribution >= 0.6 is 0 Å². The van der Waals surface area contributed by atoms with Crippen molar-refractivity contribution < 1.29 is 23.4 Å². The third kappa shape index (κ3) is 4.09. The first-order valence-electron chi connectivity index (χ1n) is 10.2. The SMILES string of the molecule is CO/C=C/C(O)=CC(=O)[C@@]1(C(C)C)CC[C@H](C)c2cc(-c3c(F)cccc3F)nnc21. The molecule has 2 aromatic rings. The van der Waals surface area contributed by atoms with E-state index in [2.05, 4.69) is 10.2 Å². The Labute approximate surface area is 180 Å². The molecule has 5 nitrogen and oxygen atoms in total. The zero-order valence-electron chi connectivity index (χ0n) is 18.0. The predicted molar refractivity (Wildman–Crippen MR) is 113 cm³/mol. The van der Waals surface area contributed by atoms with Gasteiger partial charge in [-0.15, -0.1) is 5.10 Å². The second-order valence-corrected chi connectivity index (χ2v) is 8.17. The molecule has 0 unspecified atom stereocenters. The van der Waals surface area contributed by atoms with Gasteiger partial charge in [-0.2, -0.15) is 5.10 Å². The van der Waals surface area contributed by atoms with E-state index in [-0.39, 0.29) is 34.6 Å². The maximum Gasteiger partial charge on any atom is 0.171 e. The number of aliphatic hydroxyl groups excluding tert-OH is 1. The van der Waals surface area contributed by atoms with Crippen molar-refractivity contribution in [1.82, 2.24) is 10.2 Å². The molecular weight excluding hydrogens is 402 g/mol. The fraction of sp³-hybridized carbons (Fsp3) is 0.375. The Hall–Kier alpha value is -3.09. The molecule has 31 heavy (non-hydrogen) atoms. The summed E-state index contributed by atoms with van der Waals surface area (Å²) in [5.41, 5.74) is 0.0810. The fourth-order valence-electron chi connectivity index (χ4n) is 4.25. The van der Waals surface area contributed by atoms with Crippen LogP contribution in [0.15, 0.2) is 48.4 Å². The van der Waals surface area contributed by atoms with E-state index in [9.17, 15) is 18.7 Å². The quantitative estimate of drug-likeness (QED) is 0.380. The molecule has 0 saturated carbocycles. The van der Waals surface area contributed by atoms with Gasteiger partial charge in [-0.3, -0.25) is 4.79 Å². The van der Waals surface area contributed by atoms with Crippen LogP contribution in [0.4, 0.5) is 8.78 Å². The Morgan fingerprint density at radius 3 is 2.58 bits per heavy atom. The number of benzene rings is 1. The Balaban J connectivity index is 2.16. The fourth-order valence-corrected chi connectivity index (χ4v) is 4.25. The molecule has 0 aliphatic heterocycles. The molecule has 1 aromatic heterocycles. The van der Waals surface area contributed by atoms with Gasteiger partial charge in [0, 0.05) is 12.2 Å². The highest BCUT2D eigenvalue weighted by Crippen LogP contribution is 2.47. The molecule has 1 N–H and O–H groups in total.